The first kappa shape index (κ1) is 29.9. The molecule has 228 valence electrons. The lowest BCUT2D eigenvalue weighted by Crippen LogP contribution is -2.59. The van der Waals surface area contributed by atoms with E-state index < -0.39 is 5.60 Å². The molecule has 3 aromatic rings. The Hall–Kier alpha value is -3.10. The molecule has 0 bridgehead atoms. The summed E-state index contributed by atoms with van der Waals surface area (Å²) in [5.74, 6) is 1.39. The number of likely N-dealkylation sites (tertiary alicyclic amines) is 1. The van der Waals surface area contributed by atoms with Crippen molar-refractivity contribution in [3.05, 3.63) is 87.9 Å². The number of benzene rings is 3. The van der Waals surface area contributed by atoms with Gasteiger partial charge in [-0.05, 0) is 92.3 Å². The number of fused-ring (bicyclic) bond motifs is 1. The summed E-state index contributed by atoms with van der Waals surface area (Å²) in [6, 6.07) is 19.6. The number of ether oxygens (including phenoxy) is 3. The predicted molar refractivity (Wildman–Crippen MR) is 168 cm³/mol. The van der Waals surface area contributed by atoms with Gasteiger partial charge in [0.2, 0.25) is 5.91 Å². The molecule has 0 saturated carbocycles. The minimum atomic E-state index is -0.964. The molecule has 0 aromatic heterocycles. The molecule has 0 aliphatic carbocycles. The molecule has 43 heavy (non-hydrogen) atoms. The van der Waals surface area contributed by atoms with Crippen molar-refractivity contribution in [2.24, 2.45) is 5.92 Å². The first-order valence-corrected chi connectivity index (χ1v) is 15.6. The van der Waals surface area contributed by atoms with Crippen molar-refractivity contribution in [3.63, 3.8) is 0 Å². The fourth-order valence-electron chi connectivity index (χ4n) is 6.74. The molecule has 2 atom stereocenters. The van der Waals surface area contributed by atoms with E-state index in [2.05, 4.69) is 4.90 Å². The van der Waals surface area contributed by atoms with Gasteiger partial charge in [0.25, 0.3) is 0 Å². The van der Waals surface area contributed by atoms with E-state index in [4.69, 9.17) is 25.8 Å². The Bertz CT molecular complexity index is 1440. The van der Waals surface area contributed by atoms with Crippen molar-refractivity contribution in [2.45, 2.75) is 63.8 Å². The summed E-state index contributed by atoms with van der Waals surface area (Å²) in [4.78, 5) is 18.2. The SMILES string of the molecule is COc1cc2c(cc1OC(C)C)C(c1ccc(Cl)cc1)N(c1ccc(C(C)(O)C3CN(C4CCOCC4)C3)cc1)C(=O)C2. The van der Waals surface area contributed by atoms with Gasteiger partial charge in [-0.3, -0.25) is 9.69 Å². The normalized spacial score (nSPS) is 21.3. The van der Waals surface area contributed by atoms with E-state index in [1.165, 1.54) is 0 Å². The molecule has 2 unspecified atom stereocenters. The predicted octanol–water partition coefficient (Wildman–Crippen LogP) is 6.13. The zero-order valence-electron chi connectivity index (χ0n) is 25.4. The van der Waals surface area contributed by atoms with Crippen LogP contribution in [0.1, 0.15) is 61.9 Å². The average molecular weight is 605 g/mol. The molecule has 6 rings (SSSR count). The third-order valence-electron chi connectivity index (χ3n) is 9.28. The second-order valence-electron chi connectivity index (χ2n) is 12.5. The smallest absolute Gasteiger partial charge is 0.232 e. The number of amides is 1. The molecule has 0 radical (unpaired) electrons. The number of methoxy groups -OCH3 is 1. The monoisotopic (exact) mass is 604 g/mol. The molecule has 7 nitrogen and oxygen atoms in total. The number of hydrogen-bond donors (Lipinski definition) is 1. The van der Waals surface area contributed by atoms with Crippen LogP contribution in [0.3, 0.4) is 0 Å². The van der Waals surface area contributed by atoms with Crippen LogP contribution in [0.25, 0.3) is 0 Å². The summed E-state index contributed by atoms with van der Waals surface area (Å²) in [7, 11) is 1.62. The van der Waals surface area contributed by atoms with Crippen molar-refractivity contribution in [1.82, 2.24) is 4.90 Å². The largest absolute Gasteiger partial charge is 0.493 e. The average Bonchev–Trinajstić information content (AvgIpc) is 2.96. The fourth-order valence-corrected chi connectivity index (χ4v) is 6.87. The van der Waals surface area contributed by atoms with Crippen LogP contribution in [-0.4, -0.2) is 61.5 Å². The number of nitrogens with zero attached hydrogens (tertiary/aromatic N) is 2. The first-order chi connectivity index (χ1) is 20.7. The highest BCUT2D eigenvalue weighted by molar-refractivity contribution is 6.30. The Morgan fingerprint density at radius 1 is 1.00 bits per heavy atom. The third-order valence-corrected chi connectivity index (χ3v) is 9.53. The molecule has 8 heteroatoms. The molecule has 3 aliphatic heterocycles. The molecule has 3 aromatic carbocycles. The quantitative estimate of drug-likeness (QED) is 0.333. The minimum absolute atomic E-state index is 0.0161. The molecule has 0 spiro atoms. The van der Waals surface area contributed by atoms with Gasteiger partial charge >= 0.3 is 0 Å². The standard InChI is InChI=1S/C35H41ClN2O5/c1-22(2)43-32-19-30-24(17-31(32)41-4)18-33(39)38(34(30)23-5-9-27(36)10-6-23)29-11-7-25(8-12-29)35(3,40)26-20-37(21-26)28-13-15-42-16-14-28/h5-12,17,19,22,26,28,34,40H,13-16,18,20-21H2,1-4H3. The molecule has 3 heterocycles. The zero-order chi connectivity index (χ0) is 30.3. The van der Waals surface area contributed by atoms with Crippen molar-refractivity contribution in [1.29, 1.82) is 0 Å². The highest BCUT2D eigenvalue weighted by Crippen LogP contribution is 2.45. The van der Waals surface area contributed by atoms with Crippen LogP contribution in [0.5, 0.6) is 11.5 Å². The summed E-state index contributed by atoms with van der Waals surface area (Å²) in [5, 5.41) is 12.3. The Morgan fingerprint density at radius 3 is 2.30 bits per heavy atom. The summed E-state index contributed by atoms with van der Waals surface area (Å²) in [6.45, 7) is 9.27. The Morgan fingerprint density at radius 2 is 1.67 bits per heavy atom. The second-order valence-corrected chi connectivity index (χ2v) is 12.9. The van der Waals surface area contributed by atoms with E-state index in [-0.39, 0.29) is 30.4 Å². The summed E-state index contributed by atoms with van der Waals surface area (Å²) < 4.78 is 17.3. The third kappa shape index (κ3) is 5.88. The van der Waals surface area contributed by atoms with Gasteiger partial charge in [-0.2, -0.15) is 0 Å². The number of aliphatic hydroxyl groups is 1. The summed E-state index contributed by atoms with van der Waals surface area (Å²) >= 11 is 6.26. The maximum absolute atomic E-state index is 13.9. The Labute approximate surface area is 259 Å². The van der Waals surface area contributed by atoms with Gasteiger partial charge in [-0.15, -0.1) is 0 Å². The lowest BCUT2D eigenvalue weighted by Gasteiger charge is -2.50. The summed E-state index contributed by atoms with van der Waals surface area (Å²) in [6.07, 6.45) is 2.32. The van der Waals surface area contributed by atoms with Crippen molar-refractivity contribution >= 4 is 23.2 Å². The molecular formula is C35H41ClN2O5. The molecular weight excluding hydrogens is 564 g/mol. The molecule has 2 fully saturated rings. The van der Waals surface area contributed by atoms with E-state index in [9.17, 15) is 9.90 Å². The van der Waals surface area contributed by atoms with Gasteiger partial charge in [0, 0.05) is 49.0 Å². The fraction of sp³-hybridized carbons (Fsp3) is 0.457. The maximum atomic E-state index is 13.9. The van der Waals surface area contributed by atoms with Crippen LogP contribution in [0.15, 0.2) is 60.7 Å². The zero-order valence-corrected chi connectivity index (χ0v) is 26.1. The van der Waals surface area contributed by atoms with Crippen LogP contribution in [0.4, 0.5) is 5.69 Å². The number of anilines is 1. The van der Waals surface area contributed by atoms with E-state index in [0.717, 1.165) is 67.1 Å². The van der Waals surface area contributed by atoms with E-state index in [1.807, 2.05) is 86.3 Å². The Kier molecular flexibility index (Phi) is 8.44. The number of hydrogen-bond acceptors (Lipinski definition) is 6. The lowest BCUT2D eigenvalue weighted by atomic mass is 9.77. The summed E-state index contributed by atoms with van der Waals surface area (Å²) in [5.41, 5.74) is 3.50. The topological polar surface area (TPSA) is 71.5 Å². The number of halogens is 1. The van der Waals surface area contributed by atoms with Gasteiger partial charge in [0.05, 0.1) is 31.3 Å². The maximum Gasteiger partial charge on any atom is 0.232 e. The van der Waals surface area contributed by atoms with Gasteiger partial charge in [-0.1, -0.05) is 35.9 Å². The first-order valence-electron chi connectivity index (χ1n) is 15.3. The van der Waals surface area contributed by atoms with Crippen LogP contribution >= 0.6 is 11.6 Å². The molecule has 1 N–H and O–H groups in total. The number of carbonyl (C=O) groups excluding carboxylic acids is 1. The van der Waals surface area contributed by atoms with E-state index in [1.54, 1.807) is 7.11 Å². The minimum Gasteiger partial charge on any atom is -0.493 e. The highest BCUT2D eigenvalue weighted by Gasteiger charge is 2.44. The number of rotatable bonds is 8. The van der Waals surface area contributed by atoms with Gasteiger partial charge in [0.15, 0.2) is 11.5 Å². The van der Waals surface area contributed by atoms with Gasteiger partial charge < -0.3 is 24.2 Å². The van der Waals surface area contributed by atoms with Gasteiger partial charge in [-0.25, -0.2) is 0 Å². The molecule has 1 amide bonds. The van der Waals surface area contributed by atoms with Gasteiger partial charge in [0.1, 0.15) is 0 Å². The lowest BCUT2D eigenvalue weighted by molar-refractivity contribution is -0.118. The van der Waals surface area contributed by atoms with Crippen LogP contribution in [0, 0.1) is 5.92 Å². The van der Waals surface area contributed by atoms with Crippen molar-refractivity contribution in [2.75, 3.05) is 38.3 Å². The van der Waals surface area contributed by atoms with Crippen molar-refractivity contribution < 1.29 is 24.1 Å². The van der Waals surface area contributed by atoms with Crippen LogP contribution in [0.2, 0.25) is 5.02 Å². The molecule has 2 saturated heterocycles. The van der Waals surface area contributed by atoms with E-state index >= 15 is 0 Å². The van der Waals surface area contributed by atoms with Crippen LogP contribution < -0.4 is 14.4 Å². The van der Waals surface area contributed by atoms with Crippen LogP contribution in [-0.2, 0) is 21.6 Å². The second kappa shape index (κ2) is 12.1. The Balaban J connectivity index is 1.31. The van der Waals surface area contributed by atoms with Crippen molar-refractivity contribution in [3.8, 4) is 11.5 Å². The van der Waals surface area contributed by atoms with E-state index in [0.29, 0.717) is 22.6 Å². The molecule has 3 aliphatic rings. The number of carbonyl (C=O) groups is 1. The highest BCUT2D eigenvalue weighted by atomic mass is 35.5.